The van der Waals surface area contributed by atoms with Crippen molar-refractivity contribution in [1.82, 2.24) is 5.32 Å². The summed E-state index contributed by atoms with van der Waals surface area (Å²) >= 11 is 3.08. The molecule has 1 amide bonds. The van der Waals surface area contributed by atoms with E-state index in [1.807, 2.05) is 0 Å². The molecule has 6 heteroatoms. The van der Waals surface area contributed by atoms with Gasteiger partial charge in [0.1, 0.15) is 5.82 Å². The molecular formula is C14H9BrF3NO. The standard InChI is InChI=1S/C14H9BrF3NO/c15-9-2-1-3-11(17)13(9)14(20)19-7-8-4-5-10(16)12(18)6-8/h1-6H,7H2,(H,19,20). The van der Waals surface area contributed by atoms with Gasteiger partial charge >= 0.3 is 0 Å². The molecule has 0 unspecified atom stereocenters. The predicted molar refractivity (Wildman–Crippen MR) is 71.6 cm³/mol. The zero-order valence-corrected chi connectivity index (χ0v) is 11.7. The summed E-state index contributed by atoms with van der Waals surface area (Å²) in [7, 11) is 0. The van der Waals surface area contributed by atoms with Gasteiger partial charge in [-0.1, -0.05) is 12.1 Å². The number of hydrogen-bond donors (Lipinski definition) is 1. The molecule has 0 aromatic heterocycles. The summed E-state index contributed by atoms with van der Waals surface area (Å²) in [4.78, 5) is 11.9. The van der Waals surface area contributed by atoms with Gasteiger partial charge in [0.05, 0.1) is 5.56 Å². The largest absolute Gasteiger partial charge is 0.348 e. The average Bonchev–Trinajstić information content (AvgIpc) is 2.40. The Hall–Kier alpha value is -1.82. The first-order chi connectivity index (χ1) is 9.49. The fourth-order valence-corrected chi connectivity index (χ4v) is 2.16. The number of rotatable bonds is 3. The van der Waals surface area contributed by atoms with Crippen LogP contribution in [-0.4, -0.2) is 5.91 Å². The number of halogens is 4. The van der Waals surface area contributed by atoms with Crippen LogP contribution in [0, 0.1) is 17.5 Å². The van der Waals surface area contributed by atoms with Crippen molar-refractivity contribution >= 4 is 21.8 Å². The zero-order chi connectivity index (χ0) is 14.7. The van der Waals surface area contributed by atoms with Crippen LogP contribution in [0.4, 0.5) is 13.2 Å². The Morgan fingerprint density at radius 1 is 1.05 bits per heavy atom. The zero-order valence-electron chi connectivity index (χ0n) is 10.1. The van der Waals surface area contributed by atoms with Gasteiger partial charge in [-0.2, -0.15) is 0 Å². The van der Waals surface area contributed by atoms with Crippen LogP contribution in [-0.2, 0) is 6.54 Å². The van der Waals surface area contributed by atoms with Crippen LogP contribution in [0.2, 0.25) is 0 Å². The van der Waals surface area contributed by atoms with Gasteiger partial charge in [0, 0.05) is 11.0 Å². The lowest BCUT2D eigenvalue weighted by Crippen LogP contribution is -2.24. The van der Waals surface area contributed by atoms with Crippen molar-refractivity contribution in [2.45, 2.75) is 6.54 Å². The van der Waals surface area contributed by atoms with Crippen LogP contribution >= 0.6 is 15.9 Å². The van der Waals surface area contributed by atoms with Crippen LogP contribution in [0.25, 0.3) is 0 Å². The average molecular weight is 344 g/mol. The molecule has 0 spiro atoms. The van der Waals surface area contributed by atoms with Gasteiger partial charge in [0.2, 0.25) is 0 Å². The minimum absolute atomic E-state index is 0.0309. The van der Waals surface area contributed by atoms with Gasteiger partial charge in [-0.3, -0.25) is 4.79 Å². The first kappa shape index (κ1) is 14.6. The lowest BCUT2D eigenvalue weighted by molar-refractivity contribution is 0.0946. The Balaban J connectivity index is 2.11. The van der Waals surface area contributed by atoms with Crippen molar-refractivity contribution in [3.63, 3.8) is 0 Å². The Labute approximate surface area is 121 Å². The summed E-state index contributed by atoms with van der Waals surface area (Å²) in [6, 6.07) is 7.45. The van der Waals surface area contributed by atoms with E-state index in [0.29, 0.717) is 10.0 Å². The summed E-state index contributed by atoms with van der Waals surface area (Å²) in [5.41, 5.74) is 0.250. The molecule has 0 bridgehead atoms. The van der Waals surface area contributed by atoms with Crippen molar-refractivity contribution < 1.29 is 18.0 Å². The Bertz CT molecular complexity index is 641. The molecule has 0 aliphatic heterocycles. The third kappa shape index (κ3) is 3.19. The number of benzene rings is 2. The Morgan fingerprint density at radius 3 is 2.45 bits per heavy atom. The Kier molecular flexibility index (Phi) is 4.44. The maximum absolute atomic E-state index is 13.5. The van der Waals surface area contributed by atoms with Crippen LogP contribution in [0.3, 0.4) is 0 Å². The highest BCUT2D eigenvalue weighted by Crippen LogP contribution is 2.19. The molecule has 0 heterocycles. The maximum atomic E-state index is 13.5. The van der Waals surface area contributed by atoms with Gasteiger partial charge < -0.3 is 5.32 Å². The molecule has 0 aliphatic carbocycles. The number of amides is 1. The molecule has 2 aromatic carbocycles. The highest BCUT2D eigenvalue weighted by molar-refractivity contribution is 9.10. The van der Waals surface area contributed by atoms with Gasteiger partial charge in [0.25, 0.3) is 5.91 Å². The van der Waals surface area contributed by atoms with Crippen LogP contribution in [0.5, 0.6) is 0 Å². The van der Waals surface area contributed by atoms with E-state index in [1.165, 1.54) is 18.2 Å². The van der Waals surface area contributed by atoms with Crippen molar-refractivity contribution in [2.75, 3.05) is 0 Å². The molecule has 20 heavy (non-hydrogen) atoms. The second-order valence-electron chi connectivity index (χ2n) is 4.03. The predicted octanol–water partition coefficient (Wildman–Crippen LogP) is 3.80. The number of hydrogen-bond acceptors (Lipinski definition) is 1. The van der Waals surface area contributed by atoms with E-state index in [1.54, 1.807) is 0 Å². The molecule has 0 saturated heterocycles. The van der Waals surface area contributed by atoms with Crippen LogP contribution in [0.15, 0.2) is 40.9 Å². The number of carbonyl (C=O) groups excluding carboxylic acids is 1. The second-order valence-corrected chi connectivity index (χ2v) is 4.88. The summed E-state index contributed by atoms with van der Waals surface area (Å²) in [6.07, 6.45) is 0. The Morgan fingerprint density at radius 2 is 1.80 bits per heavy atom. The van der Waals surface area contributed by atoms with Crippen LogP contribution in [0.1, 0.15) is 15.9 Å². The van der Waals surface area contributed by atoms with Gasteiger partial charge in [-0.05, 0) is 45.8 Å². The molecule has 0 radical (unpaired) electrons. The first-order valence-corrected chi connectivity index (χ1v) is 6.44. The monoisotopic (exact) mass is 343 g/mol. The molecule has 104 valence electrons. The van der Waals surface area contributed by atoms with E-state index in [-0.39, 0.29) is 12.1 Å². The maximum Gasteiger partial charge on any atom is 0.255 e. The fourth-order valence-electron chi connectivity index (χ4n) is 1.64. The van der Waals surface area contributed by atoms with Crippen LogP contribution < -0.4 is 5.32 Å². The second kappa shape index (κ2) is 6.09. The fraction of sp³-hybridized carbons (Fsp3) is 0.0714. The summed E-state index contributed by atoms with van der Waals surface area (Å²) < 4.78 is 39.6. The van der Waals surface area contributed by atoms with Gasteiger partial charge in [-0.15, -0.1) is 0 Å². The molecule has 2 nitrogen and oxygen atoms in total. The smallest absolute Gasteiger partial charge is 0.255 e. The minimum atomic E-state index is -0.996. The molecule has 2 aromatic rings. The van der Waals surface area contributed by atoms with E-state index in [9.17, 15) is 18.0 Å². The highest BCUT2D eigenvalue weighted by atomic mass is 79.9. The molecule has 2 rings (SSSR count). The quantitative estimate of drug-likeness (QED) is 0.902. The summed E-state index contributed by atoms with van der Waals surface area (Å²) in [6.45, 7) is -0.0309. The van der Waals surface area contributed by atoms with E-state index in [0.717, 1.165) is 18.2 Å². The normalized spacial score (nSPS) is 10.4. The lowest BCUT2D eigenvalue weighted by atomic mass is 10.1. The van der Waals surface area contributed by atoms with Crippen molar-refractivity contribution in [3.8, 4) is 0 Å². The van der Waals surface area contributed by atoms with E-state index in [2.05, 4.69) is 21.2 Å². The summed E-state index contributed by atoms with van der Waals surface area (Å²) in [5, 5.41) is 2.45. The summed E-state index contributed by atoms with van der Waals surface area (Å²) in [5.74, 6) is -3.26. The molecular weight excluding hydrogens is 335 g/mol. The van der Waals surface area contributed by atoms with E-state index < -0.39 is 23.4 Å². The number of nitrogens with one attached hydrogen (secondary N) is 1. The van der Waals surface area contributed by atoms with Crippen molar-refractivity contribution in [1.29, 1.82) is 0 Å². The molecule has 0 aliphatic rings. The van der Waals surface area contributed by atoms with E-state index in [4.69, 9.17) is 0 Å². The topological polar surface area (TPSA) is 29.1 Å². The first-order valence-electron chi connectivity index (χ1n) is 5.65. The van der Waals surface area contributed by atoms with E-state index >= 15 is 0 Å². The third-order valence-corrected chi connectivity index (χ3v) is 3.29. The molecule has 0 saturated carbocycles. The molecule has 1 N–H and O–H groups in total. The molecule has 0 atom stereocenters. The SMILES string of the molecule is O=C(NCc1ccc(F)c(F)c1)c1c(F)cccc1Br. The third-order valence-electron chi connectivity index (χ3n) is 2.63. The van der Waals surface area contributed by atoms with Gasteiger partial charge in [-0.25, -0.2) is 13.2 Å². The lowest BCUT2D eigenvalue weighted by Gasteiger charge is -2.08. The molecule has 0 fully saturated rings. The van der Waals surface area contributed by atoms with Gasteiger partial charge in [0.15, 0.2) is 11.6 Å². The van der Waals surface area contributed by atoms with Crippen molar-refractivity contribution in [3.05, 3.63) is 69.4 Å². The van der Waals surface area contributed by atoms with Crippen molar-refractivity contribution in [2.24, 2.45) is 0 Å². The number of carbonyl (C=O) groups is 1. The minimum Gasteiger partial charge on any atom is -0.348 e. The highest BCUT2D eigenvalue weighted by Gasteiger charge is 2.15.